The van der Waals surface area contributed by atoms with Crippen molar-refractivity contribution in [3.05, 3.63) is 27.2 Å². The first-order valence-electron chi connectivity index (χ1n) is 7.22. The summed E-state index contributed by atoms with van der Waals surface area (Å²) in [4.78, 5) is 0. The summed E-state index contributed by atoms with van der Waals surface area (Å²) in [5.74, 6) is 0.985. The van der Waals surface area contributed by atoms with Gasteiger partial charge < -0.3 is 14.8 Å². The van der Waals surface area contributed by atoms with Crippen molar-refractivity contribution in [2.45, 2.75) is 33.6 Å². The summed E-state index contributed by atoms with van der Waals surface area (Å²) in [5, 5.41) is 3.33. The highest BCUT2D eigenvalue weighted by atomic mass is 79.9. The van der Waals surface area contributed by atoms with Gasteiger partial charge >= 0.3 is 0 Å². The van der Waals surface area contributed by atoms with Gasteiger partial charge in [-0.1, -0.05) is 22.9 Å². The topological polar surface area (TPSA) is 30.5 Å². The molecule has 0 aliphatic heterocycles. The minimum atomic E-state index is 0.723. The molecule has 0 spiro atoms. The number of hydrogen-bond donors (Lipinski definition) is 1. The molecule has 1 aromatic carbocycles. The standard InChI is InChI=1S/C16H26BrNO2/c1-5-7-18-8-10-20-9-6-14-13(3)15(17)11-12(2)16(14)19-4/h11,18H,5-10H2,1-4H3. The van der Waals surface area contributed by atoms with Gasteiger partial charge in [0.05, 0.1) is 20.3 Å². The van der Waals surface area contributed by atoms with E-state index in [1.807, 2.05) is 0 Å². The Morgan fingerprint density at radius 1 is 1.20 bits per heavy atom. The largest absolute Gasteiger partial charge is 0.496 e. The molecule has 1 rings (SSSR count). The third-order valence-electron chi connectivity index (χ3n) is 3.34. The fraction of sp³-hybridized carbons (Fsp3) is 0.625. The van der Waals surface area contributed by atoms with Gasteiger partial charge in [0.1, 0.15) is 5.75 Å². The zero-order chi connectivity index (χ0) is 15.0. The monoisotopic (exact) mass is 343 g/mol. The van der Waals surface area contributed by atoms with Crippen molar-refractivity contribution in [2.75, 3.05) is 33.4 Å². The van der Waals surface area contributed by atoms with Gasteiger partial charge in [-0.05, 0) is 50.4 Å². The molecule has 0 radical (unpaired) electrons. The summed E-state index contributed by atoms with van der Waals surface area (Å²) >= 11 is 3.60. The van der Waals surface area contributed by atoms with Crippen LogP contribution in [-0.2, 0) is 11.2 Å². The van der Waals surface area contributed by atoms with Crippen LogP contribution in [0.25, 0.3) is 0 Å². The molecule has 1 aromatic rings. The molecule has 0 saturated carbocycles. The molecular weight excluding hydrogens is 318 g/mol. The molecule has 0 saturated heterocycles. The fourth-order valence-corrected chi connectivity index (χ4v) is 2.81. The van der Waals surface area contributed by atoms with Crippen LogP contribution in [0.4, 0.5) is 0 Å². The van der Waals surface area contributed by atoms with E-state index in [1.165, 1.54) is 11.1 Å². The van der Waals surface area contributed by atoms with Crippen LogP contribution in [0.5, 0.6) is 5.75 Å². The second-order valence-corrected chi connectivity index (χ2v) is 5.78. The van der Waals surface area contributed by atoms with Gasteiger partial charge in [0.15, 0.2) is 0 Å². The highest BCUT2D eigenvalue weighted by Gasteiger charge is 2.12. The minimum Gasteiger partial charge on any atom is -0.496 e. The molecule has 0 heterocycles. The summed E-state index contributed by atoms with van der Waals surface area (Å²) in [6.07, 6.45) is 2.04. The molecule has 0 bridgehead atoms. The maximum absolute atomic E-state index is 5.69. The van der Waals surface area contributed by atoms with Crippen LogP contribution >= 0.6 is 15.9 Å². The molecule has 114 valence electrons. The summed E-state index contributed by atoms with van der Waals surface area (Å²) in [6.45, 7) is 9.81. The Kier molecular flexibility index (Phi) is 8.19. The van der Waals surface area contributed by atoms with E-state index in [0.29, 0.717) is 0 Å². The zero-order valence-electron chi connectivity index (χ0n) is 13.0. The summed E-state index contributed by atoms with van der Waals surface area (Å²) in [5.41, 5.74) is 3.63. The molecule has 0 aliphatic rings. The highest BCUT2D eigenvalue weighted by Crippen LogP contribution is 2.32. The normalized spacial score (nSPS) is 10.8. The molecule has 0 amide bonds. The third-order valence-corrected chi connectivity index (χ3v) is 4.16. The highest BCUT2D eigenvalue weighted by molar-refractivity contribution is 9.10. The Labute approximate surface area is 131 Å². The Hall–Kier alpha value is -0.580. The van der Waals surface area contributed by atoms with Crippen molar-refractivity contribution >= 4 is 15.9 Å². The molecule has 20 heavy (non-hydrogen) atoms. The predicted molar refractivity (Wildman–Crippen MR) is 87.9 cm³/mol. The maximum atomic E-state index is 5.69. The Morgan fingerprint density at radius 3 is 2.60 bits per heavy atom. The van der Waals surface area contributed by atoms with Crippen LogP contribution in [0, 0.1) is 13.8 Å². The van der Waals surface area contributed by atoms with Gasteiger partial charge in [-0.25, -0.2) is 0 Å². The number of methoxy groups -OCH3 is 1. The molecule has 0 fully saturated rings. The van der Waals surface area contributed by atoms with Crippen LogP contribution in [-0.4, -0.2) is 33.4 Å². The first kappa shape index (κ1) is 17.5. The number of hydrogen-bond acceptors (Lipinski definition) is 3. The van der Waals surface area contributed by atoms with E-state index in [-0.39, 0.29) is 0 Å². The van der Waals surface area contributed by atoms with Gasteiger partial charge in [0.2, 0.25) is 0 Å². The van der Waals surface area contributed by atoms with Crippen LogP contribution in [0.3, 0.4) is 0 Å². The molecular formula is C16H26BrNO2. The lowest BCUT2D eigenvalue weighted by Gasteiger charge is -2.16. The number of ether oxygens (including phenoxy) is 2. The summed E-state index contributed by atoms with van der Waals surface area (Å²) in [6, 6.07) is 2.10. The number of nitrogens with one attached hydrogen (secondary N) is 1. The molecule has 4 heteroatoms. The average molecular weight is 344 g/mol. The quantitative estimate of drug-likeness (QED) is 0.694. The van der Waals surface area contributed by atoms with E-state index in [1.54, 1.807) is 7.11 Å². The second-order valence-electron chi connectivity index (χ2n) is 4.92. The van der Waals surface area contributed by atoms with Crippen molar-refractivity contribution in [3.8, 4) is 5.75 Å². The van der Waals surface area contributed by atoms with Gasteiger partial charge in [-0.15, -0.1) is 0 Å². The number of rotatable bonds is 9. The van der Waals surface area contributed by atoms with Crippen molar-refractivity contribution in [3.63, 3.8) is 0 Å². The van der Waals surface area contributed by atoms with Crippen LogP contribution < -0.4 is 10.1 Å². The molecule has 0 unspecified atom stereocenters. The lowest BCUT2D eigenvalue weighted by atomic mass is 10.0. The Morgan fingerprint density at radius 2 is 1.95 bits per heavy atom. The van der Waals surface area contributed by atoms with E-state index in [9.17, 15) is 0 Å². The van der Waals surface area contributed by atoms with Crippen LogP contribution in [0.1, 0.15) is 30.0 Å². The molecule has 0 aliphatic carbocycles. The molecule has 3 nitrogen and oxygen atoms in total. The lowest BCUT2D eigenvalue weighted by molar-refractivity contribution is 0.138. The fourth-order valence-electron chi connectivity index (χ4n) is 2.22. The Balaban J connectivity index is 2.51. The Bertz CT molecular complexity index is 421. The number of aryl methyl sites for hydroxylation is 1. The minimum absolute atomic E-state index is 0.723. The average Bonchev–Trinajstić information content (AvgIpc) is 2.43. The van der Waals surface area contributed by atoms with Gasteiger partial charge in [-0.2, -0.15) is 0 Å². The molecule has 0 atom stereocenters. The smallest absolute Gasteiger partial charge is 0.125 e. The van der Waals surface area contributed by atoms with Gasteiger partial charge in [0, 0.05) is 16.6 Å². The van der Waals surface area contributed by atoms with E-state index in [0.717, 1.165) is 54.9 Å². The number of benzene rings is 1. The van der Waals surface area contributed by atoms with Crippen molar-refractivity contribution in [1.82, 2.24) is 5.32 Å². The SMILES string of the molecule is CCCNCCOCCc1c(C)c(Br)cc(C)c1OC. The van der Waals surface area contributed by atoms with Gasteiger partial charge in [0.25, 0.3) is 0 Å². The predicted octanol–water partition coefficient (Wildman–Crippen LogP) is 3.63. The molecule has 1 N–H and O–H groups in total. The second kappa shape index (κ2) is 9.37. The summed E-state index contributed by atoms with van der Waals surface area (Å²) < 4.78 is 12.4. The summed E-state index contributed by atoms with van der Waals surface area (Å²) in [7, 11) is 1.73. The van der Waals surface area contributed by atoms with Crippen molar-refractivity contribution in [2.24, 2.45) is 0 Å². The number of halogens is 1. The lowest BCUT2D eigenvalue weighted by Crippen LogP contribution is -2.20. The van der Waals surface area contributed by atoms with Crippen molar-refractivity contribution < 1.29 is 9.47 Å². The van der Waals surface area contributed by atoms with E-state index in [4.69, 9.17) is 9.47 Å². The van der Waals surface area contributed by atoms with E-state index >= 15 is 0 Å². The third kappa shape index (κ3) is 5.08. The zero-order valence-corrected chi connectivity index (χ0v) is 14.6. The van der Waals surface area contributed by atoms with Gasteiger partial charge in [-0.3, -0.25) is 0 Å². The van der Waals surface area contributed by atoms with Crippen LogP contribution in [0.15, 0.2) is 10.5 Å². The van der Waals surface area contributed by atoms with E-state index in [2.05, 4.69) is 48.1 Å². The van der Waals surface area contributed by atoms with Crippen LogP contribution in [0.2, 0.25) is 0 Å². The van der Waals surface area contributed by atoms with E-state index < -0.39 is 0 Å². The first-order valence-corrected chi connectivity index (χ1v) is 8.02. The maximum Gasteiger partial charge on any atom is 0.125 e. The molecule has 0 aromatic heterocycles. The van der Waals surface area contributed by atoms with Crippen molar-refractivity contribution in [1.29, 1.82) is 0 Å². The first-order chi connectivity index (χ1) is 9.61.